The fourth-order valence-electron chi connectivity index (χ4n) is 3.30. The molecule has 0 bridgehead atoms. The zero-order chi connectivity index (χ0) is 17.7. The predicted molar refractivity (Wildman–Crippen MR) is 118 cm³/mol. The maximum absolute atomic E-state index is 4.88. The average Bonchev–Trinajstić information content (AvgIpc) is 3.21. The average molecular weight is 467 g/mol. The number of aliphatic imine (C=N–C) groups is 1. The second-order valence-electron chi connectivity index (χ2n) is 7.56. The van der Waals surface area contributed by atoms with E-state index in [1.807, 2.05) is 18.7 Å². The molecule has 0 aliphatic carbocycles. The van der Waals surface area contributed by atoms with Crippen molar-refractivity contribution in [3.05, 3.63) is 54.1 Å². The molecule has 142 valence electrons. The summed E-state index contributed by atoms with van der Waals surface area (Å²) in [6.45, 7) is 11.4. The Morgan fingerprint density at radius 2 is 2.12 bits per heavy atom. The van der Waals surface area contributed by atoms with Crippen LogP contribution >= 0.6 is 24.0 Å². The van der Waals surface area contributed by atoms with Gasteiger partial charge in [-0.2, -0.15) is 0 Å². The molecule has 1 N–H and O–H groups in total. The molecule has 0 unspecified atom stereocenters. The zero-order valence-electron chi connectivity index (χ0n) is 16.0. The molecule has 0 amide bonds. The molecule has 1 fully saturated rings. The van der Waals surface area contributed by atoms with E-state index < -0.39 is 0 Å². The molecule has 1 saturated heterocycles. The number of nitrogens with one attached hydrogen (secondary N) is 1. The molecular weight excluding hydrogens is 437 g/mol. The van der Waals surface area contributed by atoms with Crippen LogP contribution in [0.1, 0.15) is 38.3 Å². The Morgan fingerprint density at radius 1 is 1.31 bits per heavy atom. The molecule has 1 aromatic heterocycles. The quantitative estimate of drug-likeness (QED) is 0.414. The van der Waals surface area contributed by atoms with Crippen LogP contribution in [0.5, 0.6) is 0 Å². The van der Waals surface area contributed by atoms with Crippen molar-refractivity contribution >= 4 is 29.9 Å². The number of imidazole rings is 1. The van der Waals surface area contributed by atoms with Gasteiger partial charge in [-0.1, -0.05) is 38.1 Å². The lowest BCUT2D eigenvalue weighted by molar-refractivity contribution is 0.370. The number of halogens is 1. The van der Waals surface area contributed by atoms with Crippen LogP contribution < -0.4 is 5.32 Å². The monoisotopic (exact) mass is 467 g/mol. The highest BCUT2D eigenvalue weighted by Crippen LogP contribution is 2.28. The second kappa shape index (κ2) is 9.39. The van der Waals surface area contributed by atoms with E-state index in [-0.39, 0.29) is 24.0 Å². The number of hydrogen-bond acceptors (Lipinski definition) is 2. The van der Waals surface area contributed by atoms with Crippen molar-refractivity contribution in [2.24, 2.45) is 10.4 Å². The molecule has 0 spiro atoms. The highest BCUT2D eigenvalue weighted by molar-refractivity contribution is 14.0. The Morgan fingerprint density at radius 3 is 2.77 bits per heavy atom. The number of aromatic nitrogens is 2. The van der Waals surface area contributed by atoms with Gasteiger partial charge in [-0.3, -0.25) is 0 Å². The van der Waals surface area contributed by atoms with Crippen LogP contribution in [0.25, 0.3) is 0 Å². The van der Waals surface area contributed by atoms with Gasteiger partial charge in [-0.05, 0) is 29.9 Å². The first-order valence-electron chi connectivity index (χ1n) is 9.12. The molecule has 0 saturated carbocycles. The van der Waals surface area contributed by atoms with Gasteiger partial charge >= 0.3 is 0 Å². The van der Waals surface area contributed by atoms with Crippen LogP contribution in [0.2, 0.25) is 0 Å². The van der Waals surface area contributed by atoms with Crippen LogP contribution in [0, 0.1) is 5.41 Å². The van der Waals surface area contributed by atoms with Crippen LogP contribution in [0.3, 0.4) is 0 Å². The SMILES string of the molecule is CCNC(=NCc1cccc(Cn2ccnc2)c1)N1CCC(C)(C)C1.I. The van der Waals surface area contributed by atoms with E-state index in [4.69, 9.17) is 4.99 Å². The first-order chi connectivity index (χ1) is 12.1. The summed E-state index contributed by atoms with van der Waals surface area (Å²) >= 11 is 0. The van der Waals surface area contributed by atoms with Crippen molar-refractivity contribution in [2.45, 2.75) is 40.3 Å². The Bertz CT molecular complexity index is 709. The lowest BCUT2D eigenvalue weighted by Gasteiger charge is -2.23. The lowest BCUT2D eigenvalue weighted by Crippen LogP contribution is -2.40. The topological polar surface area (TPSA) is 45.5 Å². The number of likely N-dealkylation sites (tertiary alicyclic amines) is 1. The minimum absolute atomic E-state index is 0. The standard InChI is InChI=1S/C20H29N5.HI/c1-4-22-19(25-10-8-20(2,3)15-25)23-13-17-6-5-7-18(12-17)14-24-11-9-21-16-24;/h5-7,9,11-12,16H,4,8,10,13-15H2,1-3H3,(H,22,23);1H. The summed E-state index contributed by atoms with van der Waals surface area (Å²) in [6, 6.07) is 8.66. The number of rotatable bonds is 5. The van der Waals surface area contributed by atoms with Crippen molar-refractivity contribution in [3.63, 3.8) is 0 Å². The highest BCUT2D eigenvalue weighted by Gasteiger charge is 2.30. The van der Waals surface area contributed by atoms with Crippen molar-refractivity contribution in [3.8, 4) is 0 Å². The molecule has 5 nitrogen and oxygen atoms in total. The molecule has 6 heteroatoms. The number of hydrogen-bond donors (Lipinski definition) is 1. The number of nitrogens with zero attached hydrogens (tertiary/aromatic N) is 4. The molecule has 3 rings (SSSR count). The minimum Gasteiger partial charge on any atom is -0.357 e. The van der Waals surface area contributed by atoms with E-state index in [1.165, 1.54) is 17.5 Å². The smallest absolute Gasteiger partial charge is 0.194 e. The Labute approximate surface area is 173 Å². The fraction of sp³-hybridized carbons (Fsp3) is 0.500. The van der Waals surface area contributed by atoms with Crippen LogP contribution in [0.15, 0.2) is 48.0 Å². The van der Waals surface area contributed by atoms with Crippen LogP contribution in [0.4, 0.5) is 0 Å². The van der Waals surface area contributed by atoms with Gasteiger partial charge in [-0.15, -0.1) is 24.0 Å². The van der Waals surface area contributed by atoms with Crippen molar-refractivity contribution in [1.29, 1.82) is 0 Å². The van der Waals surface area contributed by atoms with E-state index in [9.17, 15) is 0 Å². The van der Waals surface area contributed by atoms with E-state index in [2.05, 4.69) is 64.8 Å². The van der Waals surface area contributed by atoms with E-state index in [1.54, 1.807) is 0 Å². The van der Waals surface area contributed by atoms with Gasteiger partial charge in [0.15, 0.2) is 5.96 Å². The molecule has 0 radical (unpaired) electrons. The van der Waals surface area contributed by atoms with E-state index >= 15 is 0 Å². The third-order valence-corrected chi connectivity index (χ3v) is 4.64. The zero-order valence-corrected chi connectivity index (χ0v) is 18.3. The molecule has 26 heavy (non-hydrogen) atoms. The van der Waals surface area contributed by atoms with Crippen LogP contribution in [-0.2, 0) is 13.1 Å². The molecular formula is C20H30IN5. The predicted octanol–water partition coefficient (Wildman–Crippen LogP) is 3.75. The Hall–Kier alpha value is -1.57. The van der Waals surface area contributed by atoms with Gasteiger partial charge in [0.2, 0.25) is 0 Å². The maximum atomic E-state index is 4.88. The molecule has 0 atom stereocenters. The first kappa shape index (κ1) is 20.7. The third kappa shape index (κ3) is 5.72. The first-order valence-corrected chi connectivity index (χ1v) is 9.12. The molecule has 1 aliphatic heterocycles. The maximum Gasteiger partial charge on any atom is 0.194 e. The van der Waals surface area contributed by atoms with Crippen molar-refractivity contribution in [1.82, 2.24) is 19.8 Å². The third-order valence-electron chi connectivity index (χ3n) is 4.64. The van der Waals surface area contributed by atoms with Gasteiger partial charge in [0, 0.05) is 38.6 Å². The summed E-state index contributed by atoms with van der Waals surface area (Å²) in [5.74, 6) is 1.04. The van der Waals surface area contributed by atoms with Gasteiger partial charge in [0.25, 0.3) is 0 Å². The number of benzene rings is 1. The van der Waals surface area contributed by atoms with Gasteiger partial charge < -0.3 is 14.8 Å². The number of guanidine groups is 1. The van der Waals surface area contributed by atoms with Gasteiger partial charge in [0.1, 0.15) is 0 Å². The fourth-order valence-corrected chi connectivity index (χ4v) is 3.30. The van der Waals surface area contributed by atoms with Gasteiger partial charge in [-0.25, -0.2) is 9.98 Å². The Kier molecular flexibility index (Phi) is 7.49. The minimum atomic E-state index is 0. The summed E-state index contributed by atoms with van der Waals surface area (Å²) in [7, 11) is 0. The lowest BCUT2D eigenvalue weighted by atomic mass is 9.93. The van der Waals surface area contributed by atoms with Crippen molar-refractivity contribution in [2.75, 3.05) is 19.6 Å². The summed E-state index contributed by atoms with van der Waals surface area (Å²) in [4.78, 5) is 11.4. The van der Waals surface area contributed by atoms with E-state index in [0.29, 0.717) is 12.0 Å². The highest BCUT2D eigenvalue weighted by atomic mass is 127. The molecule has 1 aliphatic rings. The van der Waals surface area contributed by atoms with Gasteiger partial charge in [0.05, 0.1) is 12.9 Å². The summed E-state index contributed by atoms with van der Waals surface area (Å²) in [5, 5.41) is 3.45. The molecule has 1 aromatic carbocycles. The molecule has 2 aromatic rings. The Balaban J connectivity index is 0.00000243. The second-order valence-corrected chi connectivity index (χ2v) is 7.56. The van der Waals surface area contributed by atoms with Crippen molar-refractivity contribution < 1.29 is 0 Å². The summed E-state index contributed by atoms with van der Waals surface area (Å²) < 4.78 is 2.08. The van der Waals surface area contributed by atoms with E-state index in [0.717, 1.165) is 32.1 Å². The van der Waals surface area contributed by atoms with Crippen LogP contribution in [-0.4, -0.2) is 40.0 Å². The molecule has 2 heterocycles. The summed E-state index contributed by atoms with van der Waals surface area (Å²) in [5.41, 5.74) is 2.89. The largest absolute Gasteiger partial charge is 0.357 e. The summed E-state index contributed by atoms with van der Waals surface area (Å²) in [6.07, 6.45) is 6.87. The normalized spacial score (nSPS) is 16.4.